The van der Waals surface area contributed by atoms with E-state index in [4.69, 9.17) is 9.47 Å². The van der Waals surface area contributed by atoms with Crippen molar-refractivity contribution in [3.8, 4) is 11.5 Å². The number of methoxy groups -OCH3 is 2. The molecule has 1 saturated heterocycles. The second-order valence-corrected chi connectivity index (χ2v) is 7.00. The van der Waals surface area contributed by atoms with Crippen LogP contribution in [0.4, 0.5) is 0 Å². The van der Waals surface area contributed by atoms with Gasteiger partial charge in [0, 0.05) is 45.2 Å². The molecule has 0 unspecified atom stereocenters. The topological polar surface area (TPSA) is 62.2 Å². The minimum atomic E-state index is -0.802. The predicted molar refractivity (Wildman–Crippen MR) is 96.9 cm³/mol. The molecule has 1 aliphatic heterocycles. The number of hydrogen-bond acceptors (Lipinski definition) is 5. The summed E-state index contributed by atoms with van der Waals surface area (Å²) in [6.07, 6.45) is 2.54. The average molecular weight is 350 g/mol. The Hall–Kier alpha value is -1.79. The lowest BCUT2D eigenvalue weighted by atomic mass is 9.88. The van der Waals surface area contributed by atoms with Crippen LogP contribution >= 0.6 is 0 Å². The number of carbonyl (C=O) groups excluding carboxylic acids is 1. The highest BCUT2D eigenvalue weighted by molar-refractivity contribution is 5.75. The molecule has 1 aliphatic rings. The predicted octanol–water partition coefficient (Wildman–Crippen LogP) is 1.90. The first kappa shape index (κ1) is 19.5. The Balaban J connectivity index is 2.00. The lowest BCUT2D eigenvalue weighted by molar-refractivity contribution is -0.130. The van der Waals surface area contributed by atoms with Crippen molar-refractivity contribution in [2.24, 2.45) is 0 Å². The second kappa shape index (κ2) is 8.54. The summed E-state index contributed by atoms with van der Waals surface area (Å²) in [5.74, 6) is 1.61. The van der Waals surface area contributed by atoms with Gasteiger partial charge in [0.1, 0.15) is 11.5 Å². The Morgan fingerprint density at radius 2 is 2.08 bits per heavy atom. The molecule has 0 bridgehead atoms. The minimum absolute atomic E-state index is 0.0578. The molecular weight excluding hydrogens is 320 g/mol. The molecule has 0 saturated carbocycles. The minimum Gasteiger partial charge on any atom is -0.497 e. The van der Waals surface area contributed by atoms with E-state index >= 15 is 0 Å². The first-order valence-corrected chi connectivity index (χ1v) is 8.72. The fourth-order valence-electron chi connectivity index (χ4n) is 3.33. The van der Waals surface area contributed by atoms with Crippen LogP contribution in [0.3, 0.4) is 0 Å². The molecule has 1 fully saturated rings. The summed E-state index contributed by atoms with van der Waals surface area (Å²) in [6, 6.07) is 5.80. The van der Waals surface area contributed by atoms with Gasteiger partial charge >= 0.3 is 0 Å². The molecule has 1 N–H and O–H groups in total. The highest BCUT2D eigenvalue weighted by atomic mass is 16.5. The second-order valence-electron chi connectivity index (χ2n) is 7.00. The average Bonchev–Trinajstić information content (AvgIpc) is 2.60. The number of amides is 1. The number of β-amino-alcohol motifs (C(OH)–C–C–N with tert-alkyl or cyclic N) is 1. The summed E-state index contributed by atoms with van der Waals surface area (Å²) in [7, 11) is 6.77. The molecule has 6 heteroatoms. The van der Waals surface area contributed by atoms with E-state index in [0.717, 1.165) is 36.4 Å². The van der Waals surface area contributed by atoms with Crippen molar-refractivity contribution in [1.29, 1.82) is 0 Å². The zero-order valence-electron chi connectivity index (χ0n) is 15.7. The summed E-state index contributed by atoms with van der Waals surface area (Å²) in [5.41, 5.74) is 0.265. The van der Waals surface area contributed by atoms with Crippen LogP contribution in [0.25, 0.3) is 0 Å². The number of hydrogen-bond donors (Lipinski definition) is 1. The van der Waals surface area contributed by atoms with Gasteiger partial charge in [0.15, 0.2) is 0 Å². The summed E-state index contributed by atoms with van der Waals surface area (Å²) in [6.45, 7) is 2.21. The third kappa shape index (κ3) is 5.34. The van der Waals surface area contributed by atoms with Gasteiger partial charge < -0.3 is 19.5 Å². The molecule has 0 aliphatic carbocycles. The van der Waals surface area contributed by atoms with Gasteiger partial charge in [0.05, 0.1) is 19.8 Å². The zero-order valence-corrected chi connectivity index (χ0v) is 15.7. The van der Waals surface area contributed by atoms with E-state index < -0.39 is 5.60 Å². The Kier molecular flexibility index (Phi) is 6.67. The van der Waals surface area contributed by atoms with Gasteiger partial charge in [-0.1, -0.05) is 6.07 Å². The third-order valence-electron chi connectivity index (χ3n) is 4.83. The molecule has 2 rings (SSSR count). The van der Waals surface area contributed by atoms with Crippen LogP contribution in [0.2, 0.25) is 0 Å². The van der Waals surface area contributed by atoms with Crippen molar-refractivity contribution in [3.05, 3.63) is 23.8 Å². The van der Waals surface area contributed by atoms with Gasteiger partial charge in [-0.25, -0.2) is 0 Å². The van der Waals surface area contributed by atoms with Crippen molar-refractivity contribution in [2.75, 3.05) is 41.4 Å². The van der Waals surface area contributed by atoms with Crippen molar-refractivity contribution in [1.82, 2.24) is 9.80 Å². The van der Waals surface area contributed by atoms with E-state index in [1.54, 1.807) is 33.2 Å². The summed E-state index contributed by atoms with van der Waals surface area (Å²) < 4.78 is 10.7. The summed E-state index contributed by atoms with van der Waals surface area (Å²) in [4.78, 5) is 15.6. The summed E-state index contributed by atoms with van der Waals surface area (Å²) in [5, 5.41) is 10.9. The standard InChI is InChI=1S/C19H30N2O4/c1-20(2)18(22)8-10-19(23)9-5-11-21(14-19)13-15-6-7-16(24-3)12-17(15)25-4/h6-7,12,23H,5,8-11,13-14H2,1-4H3/t19-/m1/s1. The van der Waals surface area contributed by atoms with Crippen LogP contribution in [0.5, 0.6) is 11.5 Å². The van der Waals surface area contributed by atoms with Crippen LogP contribution < -0.4 is 9.47 Å². The highest BCUT2D eigenvalue weighted by Gasteiger charge is 2.33. The van der Waals surface area contributed by atoms with Crippen molar-refractivity contribution >= 4 is 5.91 Å². The van der Waals surface area contributed by atoms with Crippen molar-refractivity contribution in [3.63, 3.8) is 0 Å². The van der Waals surface area contributed by atoms with Crippen LogP contribution in [-0.2, 0) is 11.3 Å². The number of aliphatic hydroxyl groups is 1. The number of nitrogens with zero attached hydrogens (tertiary/aromatic N) is 2. The fourth-order valence-corrected chi connectivity index (χ4v) is 3.33. The SMILES string of the molecule is COc1ccc(CN2CCC[C@@](O)(CCC(=O)N(C)C)C2)c(OC)c1. The number of rotatable bonds is 7. The Bertz CT molecular complexity index is 591. The normalized spacial score (nSPS) is 21.0. The van der Waals surface area contributed by atoms with E-state index in [-0.39, 0.29) is 5.91 Å². The van der Waals surface area contributed by atoms with Crippen molar-refractivity contribution in [2.45, 2.75) is 37.8 Å². The van der Waals surface area contributed by atoms with Gasteiger partial charge in [0.25, 0.3) is 0 Å². The number of carbonyl (C=O) groups is 1. The monoisotopic (exact) mass is 350 g/mol. The fraction of sp³-hybridized carbons (Fsp3) is 0.632. The third-order valence-corrected chi connectivity index (χ3v) is 4.83. The maximum absolute atomic E-state index is 11.8. The lowest BCUT2D eigenvalue weighted by Crippen LogP contribution is -2.48. The van der Waals surface area contributed by atoms with E-state index in [1.807, 2.05) is 18.2 Å². The number of ether oxygens (including phenoxy) is 2. The largest absolute Gasteiger partial charge is 0.497 e. The van der Waals surface area contributed by atoms with Crippen LogP contribution in [0.15, 0.2) is 18.2 Å². The Morgan fingerprint density at radius 3 is 2.72 bits per heavy atom. The lowest BCUT2D eigenvalue weighted by Gasteiger charge is -2.39. The molecule has 1 aromatic rings. The molecule has 1 atom stereocenters. The van der Waals surface area contributed by atoms with Gasteiger partial charge in [0.2, 0.25) is 5.91 Å². The van der Waals surface area contributed by atoms with Crippen LogP contribution in [0, 0.1) is 0 Å². The molecule has 0 spiro atoms. The highest BCUT2D eigenvalue weighted by Crippen LogP contribution is 2.30. The summed E-state index contributed by atoms with van der Waals surface area (Å²) >= 11 is 0. The first-order valence-electron chi connectivity index (χ1n) is 8.72. The zero-order chi connectivity index (χ0) is 18.4. The quantitative estimate of drug-likeness (QED) is 0.814. The van der Waals surface area contributed by atoms with E-state index in [1.165, 1.54) is 0 Å². The molecule has 1 amide bonds. The molecule has 140 valence electrons. The number of likely N-dealkylation sites (tertiary alicyclic amines) is 1. The molecule has 25 heavy (non-hydrogen) atoms. The van der Waals surface area contributed by atoms with Gasteiger partial charge in [-0.15, -0.1) is 0 Å². The molecule has 6 nitrogen and oxygen atoms in total. The smallest absolute Gasteiger partial charge is 0.222 e. The first-order chi connectivity index (χ1) is 11.9. The maximum atomic E-state index is 11.8. The number of piperidine rings is 1. The van der Waals surface area contributed by atoms with Gasteiger partial charge in [-0.2, -0.15) is 0 Å². The van der Waals surface area contributed by atoms with Gasteiger partial charge in [-0.3, -0.25) is 9.69 Å². The Labute approximate surface area is 150 Å². The molecule has 1 aromatic carbocycles. The molecular formula is C19H30N2O4. The molecule has 1 heterocycles. The molecule has 0 radical (unpaired) electrons. The van der Waals surface area contributed by atoms with Crippen LogP contribution in [0.1, 0.15) is 31.2 Å². The van der Waals surface area contributed by atoms with E-state index in [9.17, 15) is 9.90 Å². The number of benzene rings is 1. The Morgan fingerprint density at radius 1 is 1.32 bits per heavy atom. The van der Waals surface area contributed by atoms with E-state index in [0.29, 0.717) is 25.9 Å². The van der Waals surface area contributed by atoms with Gasteiger partial charge in [-0.05, 0) is 31.9 Å². The van der Waals surface area contributed by atoms with Crippen LogP contribution in [-0.4, -0.2) is 67.8 Å². The maximum Gasteiger partial charge on any atom is 0.222 e. The van der Waals surface area contributed by atoms with Crippen molar-refractivity contribution < 1.29 is 19.4 Å². The van der Waals surface area contributed by atoms with E-state index in [2.05, 4.69) is 4.90 Å². The molecule has 0 aromatic heterocycles.